The molecular weight excluding hydrogens is 441 g/mol. The Labute approximate surface area is 176 Å². The van der Waals surface area contributed by atoms with Crippen molar-refractivity contribution in [3.05, 3.63) is 51.1 Å². The molecule has 1 amide bonds. The number of hydrogen-bond donors (Lipinski definition) is 1. The van der Waals surface area contributed by atoms with E-state index in [1.807, 2.05) is 13.0 Å². The first-order valence-corrected chi connectivity index (χ1v) is 10.4. The van der Waals surface area contributed by atoms with Crippen molar-refractivity contribution < 1.29 is 22.9 Å². The van der Waals surface area contributed by atoms with Crippen LogP contribution < -0.4 is 5.32 Å². The maximum Gasteiger partial charge on any atom is 0.418 e. The zero-order valence-corrected chi connectivity index (χ0v) is 17.3. The van der Waals surface area contributed by atoms with E-state index in [0.717, 1.165) is 45.4 Å². The van der Waals surface area contributed by atoms with E-state index in [1.165, 1.54) is 17.7 Å². The predicted molar refractivity (Wildman–Crippen MR) is 109 cm³/mol. The third-order valence-corrected chi connectivity index (χ3v) is 6.43. The van der Waals surface area contributed by atoms with Crippen LogP contribution in [0.4, 0.5) is 24.5 Å². The van der Waals surface area contributed by atoms with Crippen molar-refractivity contribution in [2.24, 2.45) is 0 Å². The van der Waals surface area contributed by atoms with Gasteiger partial charge >= 0.3 is 6.18 Å². The van der Waals surface area contributed by atoms with E-state index in [0.29, 0.717) is 11.1 Å². The van der Waals surface area contributed by atoms with Crippen LogP contribution >= 0.6 is 23.1 Å². The normalized spacial score (nSPS) is 12.7. The van der Waals surface area contributed by atoms with Crippen LogP contribution in [0.25, 0.3) is 10.2 Å². The quantitative estimate of drug-likeness (QED) is 0.234. The summed E-state index contributed by atoms with van der Waals surface area (Å²) in [7, 11) is 0. The number of hydrogen-bond acceptors (Lipinski definition) is 7. The average Bonchev–Trinajstić information content (AvgIpc) is 3.11. The molecule has 2 aromatic heterocycles. The number of rotatable bonds is 6. The van der Waals surface area contributed by atoms with E-state index in [1.54, 1.807) is 6.92 Å². The van der Waals surface area contributed by atoms with Crippen LogP contribution in [-0.4, -0.2) is 26.0 Å². The number of carbonyl (C=O) groups excluding carboxylic acids is 1. The molecule has 0 saturated carbocycles. The van der Waals surface area contributed by atoms with Crippen molar-refractivity contribution in [1.29, 1.82) is 0 Å². The number of anilines is 1. The van der Waals surface area contributed by atoms with Crippen LogP contribution in [0, 0.1) is 10.1 Å². The minimum absolute atomic E-state index is 0.402. The molecule has 30 heavy (non-hydrogen) atoms. The molecule has 3 rings (SSSR count). The molecular formula is C18H15F3N4O3S2. The number of amides is 1. The Bertz CT molecular complexity index is 1120. The highest BCUT2D eigenvalue weighted by Gasteiger charge is 2.36. The van der Waals surface area contributed by atoms with Gasteiger partial charge in [0.25, 0.3) is 5.69 Å². The Balaban J connectivity index is 1.83. The first-order chi connectivity index (χ1) is 14.1. The lowest BCUT2D eigenvalue weighted by Gasteiger charge is -2.16. The van der Waals surface area contributed by atoms with E-state index >= 15 is 0 Å². The molecule has 0 aliphatic carbocycles. The first kappa shape index (κ1) is 22.0. The Hall–Kier alpha value is -2.73. The Kier molecular flexibility index (Phi) is 6.27. The average molecular weight is 456 g/mol. The van der Waals surface area contributed by atoms with Gasteiger partial charge in [0.05, 0.1) is 21.4 Å². The second-order valence-corrected chi connectivity index (χ2v) is 8.64. The SMILES string of the molecule is CCc1cc2c(S[C@@H](C)C(=O)Nc3ccc([N+](=O)[O-])cc3C(F)(F)F)ncnc2s1. The van der Waals surface area contributed by atoms with E-state index in [2.05, 4.69) is 15.3 Å². The first-order valence-electron chi connectivity index (χ1n) is 8.66. The fraction of sp³-hybridized carbons (Fsp3) is 0.278. The van der Waals surface area contributed by atoms with Gasteiger partial charge in [-0.25, -0.2) is 9.97 Å². The number of nitrogens with one attached hydrogen (secondary N) is 1. The molecule has 3 aromatic rings. The van der Waals surface area contributed by atoms with Gasteiger partial charge in [0.15, 0.2) is 0 Å². The molecule has 0 fully saturated rings. The minimum atomic E-state index is -4.86. The Morgan fingerprint density at radius 3 is 2.70 bits per heavy atom. The number of benzene rings is 1. The zero-order valence-electron chi connectivity index (χ0n) is 15.7. The number of nitrogens with zero attached hydrogens (tertiary/aromatic N) is 3. The van der Waals surface area contributed by atoms with Gasteiger partial charge in [-0.05, 0) is 25.5 Å². The number of halogens is 3. The molecule has 0 saturated heterocycles. The maximum atomic E-state index is 13.3. The fourth-order valence-corrected chi connectivity index (χ4v) is 4.49. The fourth-order valence-electron chi connectivity index (χ4n) is 2.60. The van der Waals surface area contributed by atoms with E-state index < -0.39 is 39.2 Å². The van der Waals surface area contributed by atoms with Crippen molar-refractivity contribution >= 4 is 50.6 Å². The van der Waals surface area contributed by atoms with Gasteiger partial charge in [-0.3, -0.25) is 14.9 Å². The number of aromatic nitrogens is 2. The van der Waals surface area contributed by atoms with Gasteiger partial charge in [0.2, 0.25) is 5.91 Å². The second-order valence-electron chi connectivity index (χ2n) is 6.20. The van der Waals surface area contributed by atoms with Gasteiger partial charge in [-0.1, -0.05) is 18.7 Å². The molecule has 7 nitrogen and oxygen atoms in total. The number of fused-ring (bicyclic) bond motifs is 1. The molecule has 1 N–H and O–H groups in total. The number of aryl methyl sites for hydroxylation is 1. The molecule has 12 heteroatoms. The smallest absolute Gasteiger partial charge is 0.325 e. The summed E-state index contributed by atoms with van der Waals surface area (Å²) in [6.45, 7) is 3.54. The number of alkyl halides is 3. The topological polar surface area (TPSA) is 98.0 Å². The molecule has 0 aliphatic rings. The Morgan fingerprint density at radius 1 is 1.33 bits per heavy atom. The van der Waals surface area contributed by atoms with Crippen molar-refractivity contribution in [1.82, 2.24) is 9.97 Å². The third-order valence-electron chi connectivity index (χ3n) is 4.13. The Morgan fingerprint density at radius 2 is 2.07 bits per heavy atom. The van der Waals surface area contributed by atoms with Gasteiger partial charge in [0.1, 0.15) is 16.2 Å². The molecule has 0 spiro atoms. The summed E-state index contributed by atoms with van der Waals surface area (Å²) in [5, 5.41) is 13.6. The van der Waals surface area contributed by atoms with Crippen LogP contribution in [0.1, 0.15) is 24.3 Å². The van der Waals surface area contributed by atoms with Crippen LogP contribution in [0.2, 0.25) is 0 Å². The molecule has 0 bridgehead atoms. The van der Waals surface area contributed by atoms with Gasteiger partial charge in [-0.15, -0.1) is 11.3 Å². The molecule has 158 valence electrons. The van der Waals surface area contributed by atoms with Gasteiger partial charge < -0.3 is 5.32 Å². The summed E-state index contributed by atoms with van der Waals surface area (Å²) in [6.07, 6.45) is -2.66. The standard InChI is InChI=1S/C18H15F3N4O3S2/c1-3-11-7-12-16(22-8-23-17(12)30-11)29-9(2)15(26)24-14-5-4-10(25(27)28)6-13(14)18(19,20)21/h4-9H,3H2,1-2H3,(H,24,26)/t9-/m0/s1. The van der Waals surface area contributed by atoms with Crippen LogP contribution in [0.15, 0.2) is 35.6 Å². The summed E-state index contributed by atoms with van der Waals surface area (Å²) >= 11 is 2.61. The van der Waals surface area contributed by atoms with E-state index in [4.69, 9.17) is 0 Å². The monoisotopic (exact) mass is 456 g/mol. The maximum absolute atomic E-state index is 13.3. The highest BCUT2D eigenvalue weighted by atomic mass is 32.2. The van der Waals surface area contributed by atoms with Crippen molar-refractivity contribution in [3.8, 4) is 0 Å². The van der Waals surface area contributed by atoms with E-state index in [9.17, 15) is 28.1 Å². The number of nitro benzene ring substituents is 1. The van der Waals surface area contributed by atoms with Crippen molar-refractivity contribution in [2.45, 2.75) is 36.7 Å². The molecule has 0 radical (unpaired) electrons. The minimum Gasteiger partial charge on any atom is -0.325 e. The van der Waals surface area contributed by atoms with Crippen molar-refractivity contribution in [3.63, 3.8) is 0 Å². The number of non-ortho nitro benzene ring substituents is 1. The predicted octanol–water partition coefficient (Wildman–Crippen LogP) is 5.30. The van der Waals surface area contributed by atoms with Crippen LogP contribution in [0.3, 0.4) is 0 Å². The molecule has 2 heterocycles. The lowest BCUT2D eigenvalue weighted by molar-refractivity contribution is -0.385. The molecule has 0 unspecified atom stereocenters. The summed E-state index contributed by atoms with van der Waals surface area (Å²) in [5.41, 5.74) is -2.53. The number of thioether (sulfide) groups is 1. The van der Waals surface area contributed by atoms with Crippen LogP contribution in [0.5, 0.6) is 0 Å². The highest BCUT2D eigenvalue weighted by Crippen LogP contribution is 2.38. The summed E-state index contributed by atoms with van der Waals surface area (Å²) in [6, 6.07) is 4.13. The second kappa shape index (κ2) is 8.56. The number of carbonyl (C=O) groups is 1. The van der Waals surface area contributed by atoms with Crippen molar-refractivity contribution in [2.75, 3.05) is 5.32 Å². The zero-order chi connectivity index (χ0) is 22.1. The largest absolute Gasteiger partial charge is 0.418 e. The molecule has 1 aromatic carbocycles. The highest BCUT2D eigenvalue weighted by molar-refractivity contribution is 8.00. The van der Waals surface area contributed by atoms with Gasteiger partial charge in [-0.2, -0.15) is 13.2 Å². The molecule has 1 atom stereocenters. The van der Waals surface area contributed by atoms with Gasteiger partial charge in [0, 0.05) is 22.4 Å². The lowest BCUT2D eigenvalue weighted by Crippen LogP contribution is -2.24. The summed E-state index contributed by atoms with van der Waals surface area (Å²) in [4.78, 5) is 32.7. The van der Waals surface area contributed by atoms with E-state index in [-0.39, 0.29) is 0 Å². The summed E-state index contributed by atoms with van der Waals surface area (Å²) in [5.74, 6) is -0.683. The lowest BCUT2D eigenvalue weighted by atomic mass is 10.1. The van der Waals surface area contributed by atoms with Crippen LogP contribution in [-0.2, 0) is 17.4 Å². The number of nitro groups is 1. The summed E-state index contributed by atoms with van der Waals surface area (Å²) < 4.78 is 39.9. The molecule has 0 aliphatic heterocycles. The third kappa shape index (κ3) is 4.70. The number of thiophene rings is 1.